The van der Waals surface area contributed by atoms with Crippen molar-refractivity contribution in [2.45, 2.75) is 20.4 Å². The van der Waals surface area contributed by atoms with Crippen molar-refractivity contribution in [1.82, 2.24) is 4.57 Å². The predicted octanol–water partition coefficient (Wildman–Crippen LogP) is 3.91. The van der Waals surface area contributed by atoms with Gasteiger partial charge < -0.3 is 19.1 Å². The van der Waals surface area contributed by atoms with Gasteiger partial charge in [-0.3, -0.25) is 4.79 Å². The van der Waals surface area contributed by atoms with Crippen molar-refractivity contribution < 1.29 is 24.2 Å². The van der Waals surface area contributed by atoms with Crippen molar-refractivity contribution in [3.05, 3.63) is 82.7 Å². The van der Waals surface area contributed by atoms with Crippen LogP contribution in [0.4, 0.5) is 0 Å². The SMILES string of the molecule is COc1ccc(O)c(C(=O)OCC(=O)c2cc(C)n(Cc3ccccc3)c2C)c1. The number of Topliss-reactive ketones (excluding diaryl/α,β-unsaturated/α-hetero) is 1. The van der Waals surface area contributed by atoms with Gasteiger partial charge in [-0.1, -0.05) is 30.3 Å². The first-order valence-corrected chi connectivity index (χ1v) is 9.18. The summed E-state index contributed by atoms with van der Waals surface area (Å²) < 4.78 is 12.2. The number of esters is 1. The summed E-state index contributed by atoms with van der Waals surface area (Å²) in [6.07, 6.45) is 0. The van der Waals surface area contributed by atoms with Gasteiger partial charge in [0, 0.05) is 23.5 Å². The Hall–Kier alpha value is -3.54. The second-order valence-corrected chi connectivity index (χ2v) is 6.74. The van der Waals surface area contributed by atoms with Gasteiger partial charge in [0.1, 0.15) is 17.1 Å². The van der Waals surface area contributed by atoms with Crippen molar-refractivity contribution in [3.63, 3.8) is 0 Å². The number of aromatic hydroxyl groups is 1. The summed E-state index contributed by atoms with van der Waals surface area (Å²) >= 11 is 0. The summed E-state index contributed by atoms with van der Waals surface area (Å²) in [5.41, 5.74) is 3.36. The second kappa shape index (κ2) is 8.65. The largest absolute Gasteiger partial charge is 0.507 e. The van der Waals surface area contributed by atoms with E-state index in [1.807, 2.05) is 44.2 Å². The fourth-order valence-electron chi connectivity index (χ4n) is 3.18. The molecule has 0 bridgehead atoms. The number of ether oxygens (including phenoxy) is 2. The molecule has 1 N–H and O–H groups in total. The number of ketones is 1. The highest BCUT2D eigenvalue weighted by atomic mass is 16.5. The van der Waals surface area contributed by atoms with E-state index in [0.717, 1.165) is 17.0 Å². The second-order valence-electron chi connectivity index (χ2n) is 6.74. The maximum atomic E-state index is 12.6. The van der Waals surface area contributed by atoms with Gasteiger partial charge in [-0.25, -0.2) is 4.79 Å². The van der Waals surface area contributed by atoms with Crippen molar-refractivity contribution in [2.24, 2.45) is 0 Å². The van der Waals surface area contributed by atoms with Gasteiger partial charge in [0.2, 0.25) is 5.78 Å². The number of carbonyl (C=O) groups is 2. The summed E-state index contributed by atoms with van der Waals surface area (Å²) in [7, 11) is 1.45. The summed E-state index contributed by atoms with van der Waals surface area (Å²) in [4.78, 5) is 24.9. The number of methoxy groups -OCH3 is 1. The van der Waals surface area contributed by atoms with Gasteiger partial charge >= 0.3 is 5.97 Å². The standard InChI is InChI=1S/C23H23NO5/c1-15-11-19(16(2)24(15)13-17-7-5-4-6-8-17)22(26)14-29-23(27)20-12-18(28-3)9-10-21(20)25/h4-12,25H,13-14H2,1-3H3. The highest BCUT2D eigenvalue weighted by molar-refractivity contribution is 6.01. The van der Waals surface area contributed by atoms with Gasteiger partial charge in [-0.2, -0.15) is 0 Å². The molecule has 0 saturated heterocycles. The summed E-state index contributed by atoms with van der Waals surface area (Å²) in [6, 6.07) is 16.0. The Morgan fingerprint density at radius 1 is 1.00 bits per heavy atom. The monoisotopic (exact) mass is 393 g/mol. The normalized spacial score (nSPS) is 10.6. The van der Waals surface area contributed by atoms with Gasteiger partial charge in [-0.15, -0.1) is 0 Å². The molecule has 3 aromatic rings. The molecular weight excluding hydrogens is 370 g/mol. The third-order valence-electron chi connectivity index (χ3n) is 4.82. The fourth-order valence-corrected chi connectivity index (χ4v) is 3.18. The number of nitrogens with zero attached hydrogens (tertiary/aromatic N) is 1. The molecule has 6 nitrogen and oxygen atoms in total. The molecule has 0 aliphatic heterocycles. The summed E-state index contributed by atoms with van der Waals surface area (Å²) in [6.45, 7) is 4.06. The lowest BCUT2D eigenvalue weighted by Crippen LogP contribution is -2.15. The molecular formula is C23H23NO5. The topological polar surface area (TPSA) is 77.8 Å². The third-order valence-corrected chi connectivity index (χ3v) is 4.82. The molecule has 0 aliphatic carbocycles. The van der Waals surface area contributed by atoms with E-state index in [4.69, 9.17) is 9.47 Å². The van der Waals surface area contributed by atoms with E-state index >= 15 is 0 Å². The van der Waals surface area contributed by atoms with Crippen LogP contribution in [0.1, 0.15) is 37.7 Å². The molecule has 3 rings (SSSR count). The number of hydrogen-bond acceptors (Lipinski definition) is 5. The first-order chi connectivity index (χ1) is 13.9. The van der Waals surface area contributed by atoms with Crippen LogP contribution in [-0.4, -0.2) is 35.1 Å². The van der Waals surface area contributed by atoms with Crippen LogP contribution in [0.15, 0.2) is 54.6 Å². The first kappa shape index (κ1) is 20.2. The van der Waals surface area contributed by atoms with Crippen LogP contribution in [0, 0.1) is 13.8 Å². The molecule has 0 radical (unpaired) electrons. The molecule has 0 amide bonds. The molecule has 0 fully saturated rings. The number of rotatable bonds is 7. The molecule has 0 atom stereocenters. The van der Waals surface area contributed by atoms with Crippen LogP contribution in [-0.2, 0) is 11.3 Å². The Balaban J connectivity index is 1.71. The average Bonchev–Trinajstić information content (AvgIpc) is 3.01. The molecule has 1 heterocycles. The van der Waals surface area contributed by atoms with Crippen molar-refractivity contribution in [1.29, 1.82) is 0 Å². The maximum absolute atomic E-state index is 12.6. The Morgan fingerprint density at radius 3 is 2.41 bits per heavy atom. The van der Waals surface area contributed by atoms with Crippen molar-refractivity contribution in [3.8, 4) is 11.5 Å². The number of phenolic OH excluding ortho intramolecular Hbond substituents is 1. The lowest BCUT2D eigenvalue weighted by Gasteiger charge is -2.10. The summed E-state index contributed by atoms with van der Waals surface area (Å²) in [5.74, 6) is -0.907. The zero-order chi connectivity index (χ0) is 21.0. The molecule has 0 unspecified atom stereocenters. The zero-order valence-corrected chi connectivity index (χ0v) is 16.6. The van der Waals surface area contributed by atoms with E-state index < -0.39 is 12.6 Å². The van der Waals surface area contributed by atoms with Gasteiger partial charge in [0.05, 0.1) is 7.11 Å². The fraction of sp³-hybridized carbons (Fsp3) is 0.217. The molecule has 150 valence electrons. The average molecular weight is 393 g/mol. The quantitative estimate of drug-likeness (QED) is 0.486. The van der Waals surface area contributed by atoms with Gasteiger partial charge in [0.15, 0.2) is 6.61 Å². The highest BCUT2D eigenvalue weighted by Gasteiger charge is 2.19. The Bertz CT molecular complexity index is 1040. The number of benzene rings is 2. The van der Waals surface area contributed by atoms with E-state index in [1.165, 1.54) is 25.3 Å². The van der Waals surface area contributed by atoms with Crippen molar-refractivity contribution >= 4 is 11.8 Å². The molecule has 29 heavy (non-hydrogen) atoms. The Morgan fingerprint density at radius 2 is 1.72 bits per heavy atom. The number of aryl methyl sites for hydroxylation is 1. The summed E-state index contributed by atoms with van der Waals surface area (Å²) in [5, 5.41) is 9.86. The Kier molecular flexibility index (Phi) is 6.02. The smallest absolute Gasteiger partial charge is 0.342 e. The number of aromatic nitrogens is 1. The Labute approximate surface area is 169 Å². The number of carbonyl (C=O) groups excluding carboxylic acids is 2. The molecule has 0 aliphatic rings. The number of hydrogen-bond donors (Lipinski definition) is 1. The molecule has 6 heteroatoms. The minimum absolute atomic E-state index is 0.0494. The number of phenols is 1. The van der Waals surface area contributed by atoms with E-state index in [1.54, 1.807) is 6.07 Å². The molecule has 1 aromatic heterocycles. The lowest BCUT2D eigenvalue weighted by molar-refractivity contribution is 0.0471. The van der Waals surface area contributed by atoms with Crippen LogP contribution < -0.4 is 4.74 Å². The minimum Gasteiger partial charge on any atom is -0.507 e. The first-order valence-electron chi connectivity index (χ1n) is 9.18. The molecule has 0 spiro atoms. The highest BCUT2D eigenvalue weighted by Crippen LogP contribution is 2.24. The van der Waals surface area contributed by atoms with Gasteiger partial charge in [0.25, 0.3) is 0 Å². The lowest BCUT2D eigenvalue weighted by atomic mass is 10.1. The van der Waals surface area contributed by atoms with E-state index in [0.29, 0.717) is 17.9 Å². The molecule has 0 saturated carbocycles. The predicted molar refractivity (Wildman–Crippen MR) is 109 cm³/mol. The third kappa shape index (κ3) is 4.48. The van der Waals surface area contributed by atoms with Gasteiger partial charge in [-0.05, 0) is 43.7 Å². The van der Waals surface area contributed by atoms with Crippen molar-refractivity contribution in [2.75, 3.05) is 13.7 Å². The van der Waals surface area contributed by atoms with Crippen LogP contribution >= 0.6 is 0 Å². The van der Waals surface area contributed by atoms with Crippen LogP contribution in [0.3, 0.4) is 0 Å². The molecule has 2 aromatic carbocycles. The van der Waals surface area contributed by atoms with Crippen LogP contribution in [0.25, 0.3) is 0 Å². The van der Waals surface area contributed by atoms with Crippen LogP contribution in [0.2, 0.25) is 0 Å². The van der Waals surface area contributed by atoms with E-state index in [9.17, 15) is 14.7 Å². The maximum Gasteiger partial charge on any atom is 0.342 e. The minimum atomic E-state index is -0.784. The van der Waals surface area contributed by atoms with Crippen LogP contribution in [0.5, 0.6) is 11.5 Å². The zero-order valence-electron chi connectivity index (χ0n) is 16.6. The van der Waals surface area contributed by atoms with E-state index in [-0.39, 0.29) is 17.1 Å². The van der Waals surface area contributed by atoms with E-state index in [2.05, 4.69) is 4.57 Å².